The van der Waals surface area contributed by atoms with Gasteiger partial charge in [0.25, 0.3) is 0 Å². The molecule has 0 aliphatic carbocycles. The molecule has 158 valence electrons. The van der Waals surface area contributed by atoms with Gasteiger partial charge in [-0.25, -0.2) is 0 Å². The molecule has 1 aliphatic rings. The molecule has 1 aromatic carbocycles. The topological polar surface area (TPSA) is 20.0 Å². The van der Waals surface area contributed by atoms with Crippen molar-refractivity contribution in [2.75, 3.05) is 0 Å². The zero-order valence-electron chi connectivity index (χ0n) is 19.9. The van der Waals surface area contributed by atoms with E-state index < -0.39 is 8.07 Å². The molecule has 0 fully saturated rings. The molecule has 2 aromatic rings. The first kappa shape index (κ1) is 22.3. The van der Waals surface area contributed by atoms with Gasteiger partial charge in [0, 0.05) is 16.5 Å². The van der Waals surface area contributed by atoms with E-state index in [4.69, 9.17) is 0 Å². The summed E-state index contributed by atoms with van der Waals surface area (Å²) < 4.78 is 2.08. The Morgan fingerprint density at radius 1 is 1.00 bits per heavy atom. The summed E-state index contributed by atoms with van der Waals surface area (Å²) in [7, 11) is -1.44. The molecule has 0 atom stereocenters. The maximum Gasteiger partial charge on any atom is 0.217 e. The van der Waals surface area contributed by atoms with Gasteiger partial charge in [0.15, 0.2) is 6.20 Å². The van der Waals surface area contributed by atoms with E-state index in [1.54, 1.807) is 0 Å². The highest BCUT2D eigenvalue weighted by Gasteiger charge is 2.24. The van der Waals surface area contributed by atoms with Crippen molar-refractivity contribution in [3.05, 3.63) is 93.0 Å². The summed E-state index contributed by atoms with van der Waals surface area (Å²) in [6.45, 7) is 22.6. The van der Waals surface area contributed by atoms with Crippen LogP contribution < -0.4 is 14.6 Å². The number of pyridine rings is 1. The largest absolute Gasteiger partial charge is 0.665 e. The number of aromatic nitrogens is 1. The molecule has 30 heavy (non-hydrogen) atoms. The minimum Gasteiger partial charge on any atom is -0.665 e. The maximum atomic E-state index is 4.51. The molecule has 3 heteroatoms. The molecule has 2 nitrogen and oxygen atoms in total. The lowest BCUT2D eigenvalue weighted by atomic mass is 10.0. The van der Waals surface area contributed by atoms with Crippen LogP contribution in [0.4, 0.5) is 0 Å². The summed E-state index contributed by atoms with van der Waals surface area (Å²) in [5.74, 6) is 0.634. The Bertz CT molecular complexity index is 1220. The van der Waals surface area contributed by atoms with Gasteiger partial charge in [0.2, 0.25) is 5.35 Å². The third-order valence-electron chi connectivity index (χ3n) is 5.60. The first-order chi connectivity index (χ1) is 14.0. The molecular formula is C27H36N2Si. The SMILES string of the molecule is C=[n+]1cc([Si](C)(C)C)c(CC(C)C)cc1=c1ccc(=C2C=C(C)[N-]C(C)=C2)cc1C. The third-order valence-corrected chi connectivity index (χ3v) is 7.67. The highest BCUT2D eigenvalue weighted by Crippen LogP contribution is 2.23. The average molecular weight is 417 g/mol. The van der Waals surface area contributed by atoms with E-state index in [9.17, 15) is 0 Å². The first-order valence-corrected chi connectivity index (χ1v) is 14.4. The van der Waals surface area contributed by atoms with Crippen molar-refractivity contribution in [1.82, 2.24) is 0 Å². The van der Waals surface area contributed by atoms with E-state index in [0.717, 1.165) is 17.8 Å². The lowest BCUT2D eigenvalue weighted by molar-refractivity contribution is -0.509. The predicted octanol–water partition coefficient (Wildman–Crippen LogP) is 5.30. The molecule has 2 heterocycles. The van der Waals surface area contributed by atoms with Crippen molar-refractivity contribution in [3.63, 3.8) is 0 Å². The lowest BCUT2D eigenvalue weighted by Gasteiger charge is -2.28. The Balaban J connectivity index is 2.33. The van der Waals surface area contributed by atoms with Gasteiger partial charge in [-0.2, -0.15) is 15.6 Å². The fraction of sp³-hybridized carbons (Fsp3) is 0.370. The highest BCUT2D eigenvalue weighted by atomic mass is 28.3. The van der Waals surface area contributed by atoms with Crippen molar-refractivity contribution in [1.29, 1.82) is 0 Å². The van der Waals surface area contributed by atoms with Crippen molar-refractivity contribution < 1.29 is 4.24 Å². The van der Waals surface area contributed by atoms with E-state index in [0.29, 0.717) is 5.92 Å². The molecule has 0 N–H and O–H groups in total. The molecule has 0 radical (unpaired) electrons. The number of hydrogen-bond acceptors (Lipinski definition) is 0. The Morgan fingerprint density at radius 3 is 2.17 bits per heavy atom. The Labute approximate surface area is 182 Å². The van der Waals surface area contributed by atoms with E-state index in [-0.39, 0.29) is 0 Å². The average Bonchev–Trinajstić information content (AvgIpc) is 2.61. The number of aryl methyl sites for hydroxylation is 1. The van der Waals surface area contributed by atoms with Crippen molar-refractivity contribution >= 4 is 18.8 Å². The summed E-state index contributed by atoms with van der Waals surface area (Å²) in [5.41, 5.74) is 6.10. The normalized spacial score (nSPS) is 15.7. The van der Waals surface area contributed by atoms with Crippen LogP contribution in [-0.2, 0) is 6.42 Å². The molecule has 0 spiro atoms. The Kier molecular flexibility index (Phi) is 6.23. The first-order valence-electron chi connectivity index (χ1n) is 10.9. The summed E-state index contributed by atoms with van der Waals surface area (Å²) >= 11 is 0. The summed E-state index contributed by atoms with van der Waals surface area (Å²) in [6.07, 6.45) is 7.72. The highest BCUT2D eigenvalue weighted by molar-refractivity contribution is 6.88. The molecule has 3 rings (SSSR count). The molecule has 1 aromatic heterocycles. The summed E-state index contributed by atoms with van der Waals surface area (Å²) in [5, 5.41) is 9.72. The van der Waals surface area contributed by atoms with Gasteiger partial charge in [-0.3, -0.25) is 0 Å². The smallest absolute Gasteiger partial charge is 0.217 e. The molecular weight excluding hydrogens is 380 g/mol. The second-order valence-electron chi connectivity index (χ2n) is 10.1. The molecule has 1 aliphatic heterocycles. The van der Waals surface area contributed by atoms with Crippen LogP contribution in [0.1, 0.15) is 38.8 Å². The zero-order chi connectivity index (χ0) is 22.2. The third kappa shape index (κ3) is 4.84. The number of allylic oxidation sites excluding steroid dienone is 4. The van der Waals surface area contributed by atoms with Crippen LogP contribution in [0.2, 0.25) is 19.6 Å². The van der Waals surface area contributed by atoms with Crippen LogP contribution in [0.15, 0.2) is 54.0 Å². The minimum absolute atomic E-state index is 0.634. The second kappa shape index (κ2) is 8.39. The lowest BCUT2D eigenvalue weighted by Crippen LogP contribution is -2.44. The fourth-order valence-electron chi connectivity index (χ4n) is 4.28. The summed E-state index contributed by atoms with van der Waals surface area (Å²) in [4.78, 5) is 0. The Hall–Kier alpha value is -2.39. The van der Waals surface area contributed by atoms with Crippen LogP contribution in [0.25, 0.3) is 10.9 Å². The van der Waals surface area contributed by atoms with Gasteiger partial charge in [-0.15, -0.1) is 0 Å². The second-order valence-corrected chi connectivity index (χ2v) is 15.1. The quantitative estimate of drug-likeness (QED) is 0.478. The number of hydrogen-bond donors (Lipinski definition) is 0. The van der Waals surface area contributed by atoms with E-state index in [1.165, 1.54) is 37.7 Å². The Morgan fingerprint density at radius 2 is 1.63 bits per heavy atom. The van der Waals surface area contributed by atoms with Gasteiger partial charge in [0.1, 0.15) is 6.72 Å². The molecule has 0 amide bonds. The van der Waals surface area contributed by atoms with Crippen molar-refractivity contribution in [3.8, 4) is 0 Å². The van der Waals surface area contributed by atoms with E-state index in [1.807, 2.05) is 0 Å². The number of benzene rings is 1. The molecule has 0 unspecified atom stereocenters. The van der Waals surface area contributed by atoms with Crippen LogP contribution in [-0.4, -0.2) is 8.07 Å². The van der Waals surface area contributed by atoms with Crippen LogP contribution in [0, 0.1) is 30.1 Å². The van der Waals surface area contributed by atoms with Crippen LogP contribution in [0.3, 0.4) is 0 Å². The van der Waals surface area contributed by atoms with E-state index >= 15 is 0 Å². The van der Waals surface area contributed by atoms with E-state index in [2.05, 4.69) is 113 Å². The van der Waals surface area contributed by atoms with Gasteiger partial charge in [-0.05, 0) is 47.2 Å². The van der Waals surface area contributed by atoms with Crippen molar-refractivity contribution in [2.45, 2.75) is 60.7 Å². The zero-order valence-corrected chi connectivity index (χ0v) is 20.9. The monoisotopic (exact) mass is 416 g/mol. The van der Waals surface area contributed by atoms with Gasteiger partial charge in [-0.1, -0.05) is 71.6 Å². The number of nitrogens with zero attached hydrogens (tertiary/aromatic N) is 2. The summed E-state index contributed by atoms with van der Waals surface area (Å²) in [6, 6.07) is 9.16. The van der Waals surface area contributed by atoms with Gasteiger partial charge < -0.3 is 5.32 Å². The standard InChI is InChI=1S/C27H36N2Si/c1-18(2)12-24-16-26(29(6)17-27(24)30(7,8)9)25-11-10-22(13-19(25)3)23-14-20(4)28-21(5)15-23/h10-11,13-18H,6,12H2,1-5,7-9H3. The number of rotatable bonds is 3. The van der Waals surface area contributed by atoms with Crippen LogP contribution in [0.5, 0.6) is 0 Å². The fourth-order valence-corrected chi connectivity index (χ4v) is 5.96. The molecule has 0 bridgehead atoms. The molecule has 0 saturated carbocycles. The van der Waals surface area contributed by atoms with Crippen LogP contribution >= 0.6 is 0 Å². The molecule has 0 saturated heterocycles. The van der Waals surface area contributed by atoms with Gasteiger partial charge >= 0.3 is 0 Å². The minimum atomic E-state index is -1.44. The van der Waals surface area contributed by atoms with Gasteiger partial charge in [0.05, 0.1) is 8.07 Å². The maximum absolute atomic E-state index is 4.51. The predicted molar refractivity (Wildman–Crippen MR) is 132 cm³/mol. The van der Waals surface area contributed by atoms with Crippen molar-refractivity contribution in [2.24, 2.45) is 5.92 Å².